The fraction of sp³-hybridized carbons (Fsp3) is 0.654. The van der Waals surface area contributed by atoms with E-state index in [-0.39, 0.29) is 24.6 Å². The van der Waals surface area contributed by atoms with Gasteiger partial charge in [0.2, 0.25) is 0 Å². The van der Waals surface area contributed by atoms with E-state index in [1.54, 1.807) is 70.7 Å². The maximum absolute atomic E-state index is 12.4. The van der Waals surface area contributed by atoms with Crippen molar-refractivity contribution in [3.8, 4) is 11.5 Å². The summed E-state index contributed by atoms with van der Waals surface area (Å²) in [7, 11) is 0. The van der Waals surface area contributed by atoms with Gasteiger partial charge in [-0.05, 0) is 65.8 Å². The summed E-state index contributed by atoms with van der Waals surface area (Å²) in [6.45, 7) is 14.5. The summed E-state index contributed by atoms with van der Waals surface area (Å²) < 4.78 is 22.1. The second kappa shape index (κ2) is 13.5. The summed E-state index contributed by atoms with van der Waals surface area (Å²) in [4.78, 5) is 38.4. The van der Waals surface area contributed by atoms with Crippen LogP contribution in [0.1, 0.15) is 41.5 Å². The number of amides is 2. The third-order valence-corrected chi connectivity index (χ3v) is 5.22. The molecule has 0 radical (unpaired) electrons. The Morgan fingerprint density at radius 1 is 0.917 bits per heavy atom. The number of carbonyl (C=O) groups excluding carboxylic acids is 3. The molecule has 0 spiro atoms. The minimum absolute atomic E-state index is 0.115. The van der Waals surface area contributed by atoms with Gasteiger partial charge in [0, 0.05) is 32.7 Å². The lowest BCUT2D eigenvalue weighted by molar-refractivity contribution is -0.159. The standard InChI is InChI=1S/C26H41N3O7/c1-25(2,3)22(30)35-20-9-7-19(8-10-20)34-18-21(36-23(31)26(4,5)6)17-27-11-12-28-24(32)29-13-15-33-16-14-29/h7-10,21,27H,11-18H2,1-6H3,(H,28,32)/t21-/m0/s1. The molecular weight excluding hydrogens is 466 g/mol. The van der Waals surface area contributed by atoms with Crippen molar-refractivity contribution in [2.45, 2.75) is 47.6 Å². The van der Waals surface area contributed by atoms with E-state index in [4.69, 9.17) is 18.9 Å². The second-order valence-electron chi connectivity index (χ2n) is 10.7. The van der Waals surface area contributed by atoms with Crippen molar-refractivity contribution in [3.05, 3.63) is 24.3 Å². The van der Waals surface area contributed by atoms with Gasteiger partial charge >= 0.3 is 18.0 Å². The molecule has 1 heterocycles. The SMILES string of the molecule is CC(C)(C)C(=O)Oc1ccc(OC[C@H](CNCCNC(=O)N2CCOCC2)OC(=O)C(C)(C)C)cc1. The van der Waals surface area contributed by atoms with E-state index < -0.39 is 16.9 Å². The third kappa shape index (κ3) is 10.4. The maximum atomic E-state index is 12.4. The molecule has 0 aromatic heterocycles. The molecule has 0 aliphatic carbocycles. The van der Waals surface area contributed by atoms with Crippen molar-refractivity contribution in [2.75, 3.05) is 52.5 Å². The lowest BCUT2D eigenvalue weighted by Gasteiger charge is -2.27. The molecule has 10 heteroatoms. The molecule has 0 unspecified atom stereocenters. The highest BCUT2D eigenvalue weighted by molar-refractivity contribution is 5.78. The molecule has 36 heavy (non-hydrogen) atoms. The molecule has 1 fully saturated rings. The first-order valence-electron chi connectivity index (χ1n) is 12.3. The number of hydrogen-bond acceptors (Lipinski definition) is 8. The largest absolute Gasteiger partial charge is 0.490 e. The van der Waals surface area contributed by atoms with Gasteiger partial charge in [0.15, 0.2) is 0 Å². The van der Waals surface area contributed by atoms with Crippen LogP contribution in [0.2, 0.25) is 0 Å². The normalized spacial score (nSPS) is 15.1. The van der Waals surface area contributed by atoms with Gasteiger partial charge in [-0.15, -0.1) is 0 Å². The summed E-state index contributed by atoms with van der Waals surface area (Å²) in [6.07, 6.45) is -0.537. The monoisotopic (exact) mass is 507 g/mol. The van der Waals surface area contributed by atoms with Crippen LogP contribution in [0.15, 0.2) is 24.3 Å². The number of nitrogens with zero attached hydrogens (tertiary/aromatic N) is 1. The first kappa shape index (κ1) is 29.4. The van der Waals surface area contributed by atoms with Crippen LogP contribution in [0.3, 0.4) is 0 Å². The molecule has 2 rings (SSSR count). The van der Waals surface area contributed by atoms with Gasteiger partial charge in [0.1, 0.15) is 24.2 Å². The van der Waals surface area contributed by atoms with Crippen LogP contribution in [0, 0.1) is 10.8 Å². The Morgan fingerprint density at radius 2 is 1.50 bits per heavy atom. The highest BCUT2D eigenvalue weighted by atomic mass is 16.6. The van der Waals surface area contributed by atoms with E-state index in [0.29, 0.717) is 57.4 Å². The molecule has 1 aliphatic heterocycles. The number of carbonyl (C=O) groups is 3. The number of benzene rings is 1. The Kier molecular flexibility index (Phi) is 11.0. The van der Waals surface area contributed by atoms with E-state index in [1.165, 1.54) is 0 Å². The first-order valence-corrected chi connectivity index (χ1v) is 12.3. The number of urea groups is 1. The number of nitrogens with one attached hydrogen (secondary N) is 2. The fourth-order valence-corrected chi connectivity index (χ4v) is 2.92. The maximum Gasteiger partial charge on any atom is 0.317 e. The molecule has 202 valence electrons. The summed E-state index contributed by atoms with van der Waals surface area (Å²) in [5, 5.41) is 6.08. The summed E-state index contributed by atoms with van der Waals surface area (Å²) in [6, 6.07) is 6.59. The molecule has 2 amide bonds. The Bertz CT molecular complexity index is 854. The van der Waals surface area contributed by atoms with Crippen molar-refractivity contribution >= 4 is 18.0 Å². The van der Waals surface area contributed by atoms with E-state index in [2.05, 4.69) is 10.6 Å². The van der Waals surface area contributed by atoms with Crippen LogP contribution in [-0.4, -0.2) is 81.5 Å². The summed E-state index contributed by atoms with van der Waals surface area (Å²) >= 11 is 0. The van der Waals surface area contributed by atoms with Crippen molar-refractivity contribution in [2.24, 2.45) is 10.8 Å². The highest BCUT2D eigenvalue weighted by Gasteiger charge is 2.27. The van der Waals surface area contributed by atoms with Gasteiger partial charge in [-0.2, -0.15) is 0 Å². The minimum atomic E-state index is -0.650. The van der Waals surface area contributed by atoms with E-state index in [1.807, 2.05) is 0 Å². The quantitative estimate of drug-likeness (QED) is 0.282. The van der Waals surface area contributed by atoms with Crippen LogP contribution in [0.5, 0.6) is 11.5 Å². The fourth-order valence-electron chi connectivity index (χ4n) is 2.92. The molecule has 1 atom stereocenters. The predicted molar refractivity (Wildman–Crippen MR) is 135 cm³/mol. The summed E-state index contributed by atoms with van der Waals surface area (Å²) in [5.41, 5.74) is -1.25. The van der Waals surface area contributed by atoms with Gasteiger partial charge in [-0.25, -0.2) is 4.79 Å². The summed E-state index contributed by atoms with van der Waals surface area (Å²) in [5.74, 6) is 0.333. The molecule has 1 saturated heterocycles. The number of esters is 2. The van der Waals surface area contributed by atoms with Crippen LogP contribution < -0.4 is 20.1 Å². The number of hydrogen-bond donors (Lipinski definition) is 2. The molecular formula is C26H41N3O7. The van der Waals surface area contributed by atoms with Crippen LogP contribution in [0.4, 0.5) is 4.79 Å². The molecule has 0 saturated carbocycles. The number of morpholine rings is 1. The van der Waals surface area contributed by atoms with Crippen LogP contribution in [0.25, 0.3) is 0 Å². The Balaban J connectivity index is 1.83. The van der Waals surface area contributed by atoms with E-state index in [0.717, 1.165) is 0 Å². The average molecular weight is 508 g/mol. The lowest BCUT2D eigenvalue weighted by atomic mass is 9.97. The predicted octanol–water partition coefficient (Wildman–Crippen LogP) is 2.61. The molecule has 10 nitrogen and oxygen atoms in total. The second-order valence-corrected chi connectivity index (χ2v) is 10.7. The third-order valence-electron chi connectivity index (χ3n) is 5.22. The minimum Gasteiger partial charge on any atom is -0.490 e. The van der Waals surface area contributed by atoms with Gasteiger partial charge in [-0.1, -0.05) is 0 Å². The Morgan fingerprint density at radius 3 is 2.08 bits per heavy atom. The number of ether oxygens (including phenoxy) is 4. The Labute approximate surface area is 214 Å². The molecule has 1 aromatic carbocycles. The smallest absolute Gasteiger partial charge is 0.317 e. The molecule has 1 aromatic rings. The topological polar surface area (TPSA) is 115 Å². The van der Waals surface area contributed by atoms with Crippen molar-refractivity contribution < 1.29 is 33.3 Å². The van der Waals surface area contributed by atoms with Crippen molar-refractivity contribution in [1.29, 1.82) is 0 Å². The van der Waals surface area contributed by atoms with Gasteiger partial charge in [-0.3, -0.25) is 9.59 Å². The van der Waals surface area contributed by atoms with Crippen molar-refractivity contribution in [3.63, 3.8) is 0 Å². The van der Waals surface area contributed by atoms with Crippen LogP contribution in [-0.2, 0) is 19.1 Å². The van der Waals surface area contributed by atoms with Crippen LogP contribution >= 0.6 is 0 Å². The van der Waals surface area contributed by atoms with Gasteiger partial charge in [0.25, 0.3) is 0 Å². The Hall–Kier alpha value is -2.85. The molecule has 1 aliphatic rings. The molecule has 0 bridgehead atoms. The zero-order chi connectivity index (χ0) is 26.8. The zero-order valence-electron chi connectivity index (χ0n) is 22.3. The van der Waals surface area contributed by atoms with E-state index in [9.17, 15) is 14.4 Å². The van der Waals surface area contributed by atoms with Gasteiger partial charge < -0.3 is 34.5 Å². The number of rotatable bonds is 10. The first-order chi connectivity index (χ1) is 16.9. The van der Waals surface area contributed by atoms with Gasteiger partial charge in [0.05, 0.1) is 24.0 Å². The van der Waals surface area contributed by atoms with Crippen molar-refractivity contribution in [1.82, 2.24) is 15.5 Å². The lowest BCUT2D eigenvalue weighted by Crippen LogP contribution is -2.48. The highest BCUT2D eigenvalue weighted by Crippen LogP contribution is 2.22. The average Bonchev–Trinajstić information content (AvgIpc) is 2.82. The van der Waals surface area contributed by atoms with E-state index >= 15 is 0 Å². The zero-order valence-corrected chi connectivity index (χ0v) is 22.3. The molecule has 2 N–H and O–H groups in total.